The molecular formula is C18H22F3NO3. The normalized spacial score (nSPS) is 25.9. The molecule has 1 unspecified atom stereocenters. The maximum Gasteiger partial charge on any atom is 0.417 e. The first-order chi connectivity index (χ1) is 11.6. The van der Waals surface area contributed by atoms with Crippen LogP contribution in [0.25, 0.3) is 0 Å². The quantitative estimate of drug-likeness (QED) is 0.839. The van der Waals surface area contributed by atoms with E-state index in [9.17, 15) is 23.1 Å². The highest BCUT2D eigenvalue weighted by molar-refractivity contribution is 5.97. The van der Waals surface area contributed by atoms with Gasteiger partial charge in [0.15, 0.2) is 5.60 Å². The Morgan fingerprint density at radius 1 is 1.24 bits per heavy atom. The number of carbonyl (C=O) groups is 1. The fourth-order valence-electron chi connectivity index (χ4n) is 3.50. The smallest absolute Gasteiger partial charge is 0.417 e. The van der Waals surface area contributed by atoms with Crippen LogP contribution in [0.5, 0.6) is 5.75 Å². The van der Waals surface area contributed by atoms with E-state index in [2.05, 4.69) is 0 Å². The molecule has 0 spiro atoms. The summed E-state index contributed by atoms with van der Waals surface area (Å²) < 4.78 is 44.9. The molecule has 25 heavy (non-hydrogen) atoms. The molecular weight excluding hydrogens is 335 g/mol. The molecule has 1 saturated heterocycles. The van der Waals surface area contributed by atoms with Gasteiger partial charge in [-0.15, -0.1) is 0 Å². The molecule has 1 atom stereocenters. The Kier molecular flexibility index (Phi) is 4.26. The van der Waals surface area contributed by atoms with Crippen molar-refractivity contribution in [3.05, 3.63) is 29.3 Å². The second kappa shape index (κ2) is 5.90. The average molecular weight is 357 g/mol. The van der Waals surface area contributed by atoms with Crippen molar-refractivity contribution in [1.29, 1.82) is 0 Å². The summed E-state index contributed by atoms with van der Waals surface area (Å²) >= 11 is 0. The van der Waals surface area contributed by atoms with Crippen LogP contribution in [0.2, 0.25) is 0 Å². The van der Waals surface area contributed by atoms with Gasteiger partial charge in [0.25, 0.3) is 5.91 Å². The number of carbonyl (C=O) groups excluding carboxylic acids is 1. The molecule has 2 heterocycles. The number of benzene rings is 1. The van der Waals surface area contributed by atoms with Crippen LogP contribution in [0, 0.1) is 0 Å². The minimum atomic E-state index is -4.69. The number of rotatable bonds is 1. The van der Waals surface area contributed by atoms with Crippen molar-refractivity contribution >= 4 is 5.91 Å². The van der Waals surface area contributed by atoms with Gasteiger partial charge in [-0.2, -0.15) is 13.2 Å². The van der Waals surface area contributed by atoms with E-state index in [4.69, 9.17) is 4.74 Å². The third kappa shape index (κ3) is 3.10. The molecule has 2 aliphatic rings. The predicted octanol–water partition coefficient (Wildman–Crippen LogP) is 3.28. The number of aliphatic hydroxyl groups is 1. The third-order valence-electron chi connectivity index (χ3n) is 5.18. The highest BCUT2D eigenvalue weighted by Gasteiger charge is 2.53. The van der Waals surface area contributed by atoms with Gasteiger partial charge in [-0.05, 0) is 18.9 Å². The first-order valence-electron chi connectivity index (χ1n) is 8.40. The standard InChI is InChI=1S/C18H22F3NO3/c1-16(2)11-25-14-12(5-3-6-13(14)16)15(23)22-9-4-7-17(24,8-10-22)18(19,20)21/h3,5-6,24H,4,7-11H2,1-2H3. The van der Waals surface area contributed by atoms with Crippen LogP contribution in [0.1, 0.15) is 49.0 Å². The first kappa shape index (κ1) is 18.0. The van der Waals surface area contributed by atoms with E-state index in [-0.39, 0.29) is 30.8 Å². The largest absolute Gasteiger partial charge is 0.492 e. The number of amides is 1. The zero-order valence-corrected chi connectivity index (χ0v) is 14.3. The zero-order valence-electron chi connectivity index (χ0n) is 14.3. The Bertz CT molecular complexity index is 687. The number of nitrogens with zero attached hydrogens (tertiary/aromatic N) is 1. The SMILES string of the molecule is CC1(C)COc2c(C(=O)N3CCCC(O)(C(F)(F)F)CC3)cccc21. The van der Waals surface area contributed by atoms with Gasteiger partial charge in [0.1, 0.15) is 5.75 Å². The van der Waals surface area contributed by atoms with Crippen LogP contribution < -0.4 is 4.74 Å². The summed E-state index contributed by atoms with van der Waals surface area (Å²) in [7, 11) is 0. The Morgan fingerprint density at radius 2 is 1.96 bits per heavy atom. The number of fused-ring (bicyclic) bond motifs is 1. The lowest BCUT2D eigenvalue weighted by molar-refractivity contribution is -0.263. The van der Waals surface area contributed by atoms with Crippen molar-refractivity contribution in [2.45, 2.75) is 50.3 Å². The molecule has 1 amide bonds. The van der Waals surface area contributed by atoms with Crippen molar-refractivity contribution in [2.24, 2.45) is 0 Å². The summed E-state index contributed by atoms with van der Waals surface area (Å²) in [5.74, 6) is 0.175. The van der Waals surface area contributed by atoms with Gasteiger partial charge in [-0.1, -0.05) is 26.0 Å². The molecule has 0 saturated carbocycles. The summed E-state index contributed by atoms with van der Waals surface area (Å²) in [5.41, 5.74) is -1.62. The lowest BCUT2D eigenvalue weighted by atomic mass is 9.86. The van der Waals surface area contributed by atoms with Gasteiger partial charge in [0, 0.05) is 30.5 Å². The van der Waals surface area contributed by atoms with E-state index in [0.717, 1.165) is 5.56 Å². The number of hydrogen-bond acceptors (Lipinski definition) is 3. The summed E-state index contributed by atoms with van der Waals surface area (Å²) in [6, 6.07) is 5.32. The maximum atomic E-state index is 13.0. The van der Waals surface area contributed by atoms with Crippen molar-refractivity contribution in [2.75, 3.05) is 19.7 Å². The summed E-state index contributed by atoms with van der Waals surface area (Å²) in [6.07, 6.45) is -5.49. The molecule has 0 aromatic heterocycles. The summed E-state index contributed by atoms with van der Waals surface area (Å²) in [6.45, 7) is 4.54. The molecule has 0 aliphatic carbocycles. The van der Waals surface area contributed by atoms with Gasteiger partial charge in [0.2, 0.25) is 0 Å². The lowest BCUT2D eigenvalue weighted by Crippen LogP contribution is -2.46. The predicted molar refractivity (Wildman–Crippen MR) is 85.7 cm³/mol. The number of alkyl halides is 3. The van der Waals surface area contributed by atoms with Crippen molar-refractivity contribution in [3.63, 3.8) is 0 Å². The van der Waals surface area contributed by atoms with E-state index in [1.54, 1.807) is 12.1 Å². The molecule has 1 aromatic carbocycles. The van der Waals surface area contributed by atoms with Gasteiger partial charge in [-0.3, -0.25) is 4.79 Å². The van der Waals surface area contributed by atoms with Gasteiger partial charge < -0.3 is 14.7 Å². The van der Waals surface area contributed by atoms with E-state index in [0.29, 0.717) is 17.9 Å². The summed E-state index contributed by atoms with van der Waals surface area (Å²) in [4.78, 5) is 14.2. The Morgan fingerprint density at radius 3 is 2.64 bits per heavy atom. The minimum Gasteiger partial charge on any atom is -0.492 e. The van der Waals surface area contributed by atoms with Crippen LogP contribution in [-0.2, 0) is 5.41 Å². The average Bonchev–Trinajstić information content (AvgIpc) is 2.70. The molecule has 4 nitrogen and oxygen atoms in total. The Hall–Kier alpha value is -1.76. The highest BCUT2D eigenvalue weighted by Crippen LogP contribution is 2.42. The number of likely N-dealkylation sites (tertiary alicyclic amines) is 1. The van der Waals surface area contributed by atoms with E-state index in [1.807, 2.05) is 19.9 Å². The lowest BCUT2D eigenvalue weighted by Gasteiger charge is -2.29. The van der Waals surface area contributed by atoms with Gasteiger partial charge in [0.05, 0.1) is 12.2 Å². The molecule has 1 aromatic rings. The van der Waals surface area contributed by atoms with Crippen LogP contribution in [0.3, 0.4) is 0 Å². The van der Waals surface area contributed by atoms with Crippen molar-refractivity contribution < 1.29 is 27.8 Å². The second-order valence-electron chi connectivity index (χ2n) is 7.53. The van der Waals surface area contributed by atoms with Gasteiger partial charge in [-0.25, -0.2) is 0 Å². The monoisotopic (exact) mass is 357 g/mol. The molecule has 0 radical (unpaired) electrons. The van der Waals surface area contributed by atoms with Crippen molar-refractivity contribution in [3.8, 4) is 5.75 Å². The Balaban J connectivity index is 1.83. The molecule has 0 bridgehead atoms. The van der Waals surface area contributed by atoms with E-state index >= 15 is 0 Å². The number of hydrogen-bond donors (Lipinski definition) is 1. The topological polar surface area (TPSA) is 49.8 Å². The second-order valence-corrected chi connectivity index (χ2v) is 7.53. The van der Waals surface area contributed by atoms with Crippen LogP contribution in [-0.4, -0.2) is 47.4 Å². The van der Waals surface area contributed by atoms with Crippen LogP contribution in [0.4, 0.5) is 13.2 Å². The van der Waals surface area contributed by atoms with E-state index < -0.39 is 24.6 Å². The van der Waals surface area contributed by atoms with E-state index in [1.165, 1.54) is 4.90 Å². The molecule has 1 N–H and O–H groups in total. The molecule has 7 heteroatoms. The molecule has 3 rings (SSSR count). The Labute approximate surface area is 144 Å². The molecule has 1 fully saturated rings. The third-order valence-corrected chi connectivity index (χ3v) is 5.18. The van der Waals surface area contributed by atoms with Crippen LogP contribution in [0.15, 0.2) is 18.2 Å². The number of ether oxygens (including phenoxy) is 1. The number of para-hydroxylation sites is 1. The highest BCUT2D eigenvalue weighted by atomic mass is 19.4. The summed E-state index contributed by atoms with van der Waals surface area (Å²) in [5, 5.41) is 9.89. The zero-order chi connectivity index (χ0) is 18.5. The first-order valence-corrected chi connectivity index (χ1v) is 8.40. The minimum absolute atomic E-state index is 0.100. The fraction of sp³-hybridized carbons (Fsp3) is 0.611. The van der Waals surface area contributed by atoms with Crippen molar-refractivity contribution in [1.82, 2.24) is 4.90 Å². The fourth-order valence-corrected chi connectivity index (χ4v) is 3.50. The van der Waals surface area contributed by atoms with Gasteiger partial charge >= 0.3 is 6.18 Å². The molecule has 2 aliphatic heterocycles. The number of halogens is 3. The maximum absolute atomic E-state index is 13.0. The molecule has 138 valence electrons. The van der Waals surface area contributed by atoms with Crippen LogP contribution >= 0.6 is 0 Å².